The van der Waals surface area contributed by atoms with E-state index in [-0.39, 0.29) is 5.91 Å². The van der Waals surface area contributed by atoms with Gasteiger partial charge >= 0.3 is 5.97 Å². The van der Waals surface area contributed by atoms with E-state index in [9.17, 15) is 18.0 Å². The number of nitrogens with one attached hydrogen (secondary N) is 1. The van der Waals surface area contributed by atoms with Gasteiger partial charge in [-0.15, -0.1) is 0 Å². The van der Waals surface area contributed by atoms with Crippen molar-refractivity contribution in [3.05, 3.63) is 35.4 Å². The van der Waals surface area contributed by atoms with E-state index in [4.69, 9.17) is 0 Å². The number of sulfonamides is 1. The number of carbonyl (C=O) groups excluding carboxylic acids is 2. The van der Waals surface area contributed by atoms with E-state index in [2.05, 4.69) is 9.46 Å². The van der Waals surface area contributed by atoms with E-state index < -0.39 is 21.2 Å². The van der Waals surface area contributed by atoms with Gasteiger partial charge in [0.25, 0.3) is 5.91 Å². The second kappa shape index (κ2) is 7.10. The van der Waals surface area contributed by atoms with Gasteiger partial charge in [-0.2, -0.15) is 0 Å². The van der Waals surface area contributed by atoms with Crippen molar-refractivity contribution in [3.8, 4) is 0 Å². The highest BCUT2D eigenvalue weighted by Crippen LogP contribution is 2.19. The molecule has 0 unspecified atom stereocenters. The Morgan fingerprint density at radius 3 is 2.39 bits per heavy atom. The monoisotopic (exact) mass is 340 g/mol. The lowest BCUT2D eigenvalue weighted by atomic mass is 10.1. The van der Waals surface area contributed by atoms with Gasteiger partial charge in [0.15, 0.2) is 0 Å². The highest BCUT2D eigenvalue weighted by molar-refractivity contribution is 7.90. The van der Waals surface area contributed by atoms with Gasteiger partial charge in [-0.25, -0.2) is 17.9 Å². The number of piperidine rings is 1. The number of rotatable bonds is 4. The smallest absolute Gasteiger partial charge is 0.337 e. The Hall–Kier alpha value is -1.93. The van der Waals surface area contributed by atoms with Crippen LogP contribution in [-0.2, 0) is 14.8 Å². The molecule has 1 aromatic rings. The molecule has 1 fully saturated rings. The minimum Gasteiger partial charge on any atom is -0.465 e. The highest BCUT2D eigenvalue weighted by Gasteiger charge is 2.31. The molecule has 7 nitrogen and oxygen atoms in total. The predicted molar refractivity (Wildman–Crippen MR) is 84.7 cm³/mol. The van der Waals surface area contributed by atoms with Gasteiger partial charge in [0.1, 0.15) is 0 Å². The Morgan fingerprint density at radius 1 is 1.22 bits per heavy atom. The van der Waals surface area contributed by atoms with Crippen molar-refractivity contribution in [2.24, 2.45) is 0 Å². The molecule has 1 amide bonds. The minimum atomic E-state index is -3.31. The normalized spacial score (nSPS) is 16.2. The zero-order valence-electron chi connectivity index (χ0n) is 13.1. The first-order valence-corrected chi connectivity index (χ1v) is 8.83. The molecule has 0 saturated carbocycles. The van der Waals surface area contributed by atoms with Crippen LogP contribution in [0.25, 0.3) is 0 Å². The summed E-state index contributed by atoms with van der Waals surface area (Å²) in [6.07, 6.45) is 0.789. The zero-order chi connectivity index (χ0) is 17.0. The van der Waals surface area contributed by atoms with E-state index in [1.54, 1.807) is 23.1 Å². The summed E-state index contributed by atoms with van der Waals surface area (Å²) in [4.78, 5) is 25.6. The summed E-state index contributed by atoms with van der Waals surface area (Å²) in [5, 5.41) is -0.474. The number of likely N-dealkylation sites (tertiary alicyclic amines) is 1. The van der Waals surface area contributed by atoms with Gasteiger partial charge in [0, 0.05) is 18.7 Å². The second-order valence-corrected chi connectivity index (χ2v) is 7.48. The Bertz CT molecular complexity index is 694. The second-order valence-electron chi connectivity index (χ2n) is 5.31. The van der Waals surface area contributed by atoms with Crippen molar-refractivity contribution >= 4 is 21.9 Å². The van der Waals surface area contributed by atoms with E-state index in [1.807, 2.05) is 0 Å². The van der Waals surface area contributed by atoms with Crippen LogP contribution in [-0.4, -0.2) is 57.7 Å². The maximum absolute atomic E-state index is 12.5. The number of methoxy groups -OCH3 is 1. The summed E-state index contributed by atoms with van der Waals surface area (Å²) in [5.74, 6) is -0.713. The maximum atomic E-state index is 12.5. The molecule has 0 spiro atoms. The summed E-state index contributed by atoms with van der Waals surface area (Å²) in [7, 11) is -0.630. The van der Waals surface area contributed by atoms with Crippen molar-refractivity contribution in [1.82, 2.24) is 9.62 Å². The number of benzene rings is 1. The molecular formula is C15H20N2O5S. The quantitative estimate of drug-likeness (QED) is 0.812. The fraction of sp³-hybridized carbons (Fsp3) is 0.467. The Labute approximate surface area is 135 Å². The van der Waals surface area contributed by atoms with Gasteiger partial charge in [0.05, 0.1) is 17.9 Å². The Balaban J connectivity index is 2.07. The lowest BCUT2D eigenvalue weighted by Gasteiger charge is -2.31. The van der Waals surface area contributed by atoms with Gasteiger partial charge in [0.2, 0.25) is 10.0 Å². The number of carbonyl (C=O) groups is 2. The Kier molecular flexibility index (Phi) is 5.38. The van der Waals surface area contributed by atoms with Crippen molar-refractivity contribution in [2.75, 3.05) is 27.2 Å². The summed E-state index contributed by atoms with van der Waals surface area (Å²) in [5.41, 5.74) is 0.703. The number of nitrogens with zero attached hydrogens (tertiary/aromatic N) is 1. The molecule has 0 bridgehead atoms. The summed E-state index contributed by atoms with van der Waals surface area (Å²) in [6, 6.07) is 6.32. The first kappa shape index (κ1) is 17.4. The molecule has 8 heteroatoms. The SMILES string of the molecule is CNS(=O)(=O)C1CCN(C(=O)c2cccc(C(=O)OC)c2)CC1. The molecule has 1 aliphatic heterocycles. The van der Waals surface area contributed by atoms with Crippen LogP contribution in [0.2, 0.25) is 0 Å². The first-order chi connectivity index (χ1) is 10.9. The molecule has 1 N–H and O–H groups in total. The van der Waals surface area contributed by atoms with Crippen LogP contribution < -0.4 is 4.72 Å². The topological polar surface area (TPSA) is 92.8 Å². The fourth-order valence-corrected chi connectivity index (χ4v) is 3.78. The predicted octanol–water partition coefficient (Wildman–Crippen LogP) is 0.627. The molecule has 1 aromatic carbocycles. The van der Waals surface area contributed by atoms with Crippen molar-refractivity contribution in [3.63, 3.8) is 0 Å². The molecular weight excluding hydrogens is 320 g/mol. The van der Waals surface area contributed by atoms with Crippen molar-refractivity contribution in [2.45, 2.75) is 18.1 Å². The van der Waals surface area contributed by atoms with Crippen LogP contribution >= 0.6 is 0 Å². The lowest BCUT2D eigenvalue weighted by molar-refractivity contribution is 0.0600. The molecule has 0 radical (unpaired) electrons. The zero-order valence-corrected chi connectivity index (χ0v) is 13.9. The summed E-state index contributed by atoms with van der Waals surface area (Å²) < 4.78 is 30.5. The first-order valence-electron chi connectivity index (χ1n) is 7.29. The van der Waals surface area contributed by atoms with Gasteiger partial charge in [-0.3, -0.25) is 4.79 Å². The standard InChI is InChI=1S/C15H20N2O5S/c1-16-23(20,21)13-6-8-17(9-7-13)14(18)11-4-3-5-12(10-11)15(19)22-2/h3-5,10,13,16H,6-9H2,1-2H3. The molecule has 23 heavy (non-hydrogen) atoms. The van der Waals surface area contributed by atoms with Gasteiger partial charge < -0.3 is 9.64 Å². The maximum Gasteiger partial charge on any atom is 0.337 e. The van der Waals surface area contributed by atoms with E-state index in [0.717, 1.165) is 0 Å². The molecule has 126 valence electrons. The van der Waals surface area contributed by atoms with E-state index in [0.29, 0.717) is 37.1 Å². The molecule has 0 atom stereocenters. The summed E-state index contributed by atoms with van der Waals surface area (Å²) >= 11 is 0. The van der Waals surface area contributed by atoms with Crippen LogP contribution in [0.4, 0.5) is 0 Å². The average molecular weight is 340 g/mol. The van der Waals surface area contributed by atoms with Crippen LogP contribution in [0, 0.1) is 0 Å². The molecule has 1 heterocycles. The van der Waals surface area contributed by atoms with Crippen LogP contribution in [0.15, 0.2) is 24.3 Å². The van der Waals surface area contributed by atoms with E-state index >= 15 is 0 Å². The fourth-order valence-electron chi connectivity index (χ4n) is 2.62. The van der Waals surface area contributed by atoms with Crippen molar-refractivity contribution < 1.29 is 22.7 Å². The minimum absolute atomic E-state index is 0.212. The molecule has 2 rings (SSSR count). The summed E-state index contributed by atoms with van der Waals surface area (Å²) in [6.45, 7) is 0.736. The molecule has 0 aromatic heterocycles. The highest BCUT2D eigenvalue weighted by atomic mass is 32.2. The Morgan fingerprint density at radius 2 is 1.83 bits per heavy atom. The van der Waals surface area contributed by atoms with Crippen LogP contribution in [0.3, 0.4) is 0 Å². The van der Waals surface area contributed by atoms with Gasteiger partial charge in [-0.05, 0) is 38.1 Å². The third kappa shape index (κ3) is 3.89. The average Bonchev–Trinajstić information content (AvgIpc) is 2.60. The van der Waals surface area contributed by atoms with Crippen LogP contribution in [0.1, 0.15) is 33.6 Å². The largest absolute Gasteiger partial charge is 0.465 e. The molecule has 0 aliphatic carbocycles. The number of hydrogen-bond donors (Lipinski definition) is 1. The van der Waals surface area contributed by atoms with Crippen LogP contribution in [0.5, 0.6) is 0 Å². The molecule has 1 saturated heterocycles. The third-order valence-electron chi connectivity index (χ3n) is 3.98. The number of amides is 1. The van der Waals surface area contributed by atoms with E-state index in [1.165, 1.54) is 20.2 Å². The lowest BCUT2D eigenvalue weighted by Crippen LogP contribution is -2.44. The number of esters is 1. The van der Waals surface area contributed by atoms with Gasteiger partial charge in [-0.1, -0.05) is 6.07 Å². The number of hydrogen-bond acceptors (Lipinski definition) is 5. The third-order valence-corrected chi connectivity index (χ3v) is 5.90. The number of ether oxygens (including phenoxy) is 1. The van der Waals surface area contributed by atoms with Crippen molar-refractivity contribution in [1.29, 1.82) is 0 Å². The molecule has 1 aliphatic rings.